The van der Waals surface area contributed by atoms with E-state index in [4.69, 9.17) is 16.6 Å². The molecular formula is C13H12FN3OS. The van der Waals surface area contributed by atoms with E-state index >= 15 is 0 Å². The summed E-state index contributed by atoms with van der Waals surface area (Å²) < 4.78 is 17.9. The third-order valence-electron chi connectivity index (χ3n) is 2.31. The maximum Gasteiger partial charge on any atom is 0.191 e. The molecule has 0 radical (unpaired) electrons. The number of anilines is 1. The van der Waals surface area contributed by atoms with Gasteiger partial charge in [-0.1, -0.05) is 0 Å². The predicted octanol–water partition coefficient (Wildman–Crippen LogP) is 3.13. The molecule has 0 spiro atoms. The summed E-state index contributed by atoms with van der Waals surface area (Å²) in [4.78, 5) is 0. The van der Waals surface area contributed by atoms with Crippen molar-refractivity contribution in [2.75, 3.05) is 5.32 Å². The molecule has 4 nitrogen and oxygen atoms in total. The van der Waals surface area contributed by atoms with Crippen molar-refractivity contribution in [2.45, 2.75) is 6.92 Å². The average molecular weight is 277 g/mol. The van der Waals surface area contributed by atoms with Crippen LogP contribution in [0.1, 0.15) is 12.7 Å². The molecule has 0 saturated carbocycles. The highest BCUT2D eigenvalue weighted by atomic mass is 32.1. The van der Waals surface area contributed by atoms with Crippen LogP contribution in [0.25, 0.3) is 0 Å². The molecule has 0 saturated heterocycles. The minimum Gasteiger partial charge on any atom is -0.463 e. The van der Waals surface area contributed by atoms with Crippen LogP contribution in [-0.4, -0.2) is 10.8 Å². The highest BCUT2D eigenvalue weighted by Crippen LogP contribution is 2.08. The molecule has 98 valence electrons. The van der Waals surface area contributed by atoms with Gasteiger partial charge in [0.25, 0.3) is 0 Å². The summed E-state index contributed by atoms with van der Waals surface area (Å²) in [7, 11) is 0. The fraction of sp³-hybridized carbons (Fsp3) is 0.0769. The van der Waals surface area contributed by atoms with Gasteiger partial charge in [-0.25, -0.2) is 4.39 Å². The van der Waals surface area contributed by atoms with E-state index in [0.717, 1.165) is 0 Å². The molecule has 2 rings (SSSR count). The highest BCUT2D eigenvalue weighted by Gasteiger charge is 2.01. The quantitative estimate of drug-likeness (QED) is 0.514. The Balaban J connectivity index is 1.91. The summed E-state index contributed by atoms with van der Waals surface area (Å²) in [6, 6.07) is 9.46. The van der Waals surface area contributed by atoms with Crippen LogP contribution in [0.3, 0.4) is 0 Å². The van der Waals surface area contributed by atoms with Crippen molar-refractivity contribution in [1.82, 2.24) is 5.43 Å². The average Bonchev–Trinajstić information content (AvgIpc) is 2.93. The van der Waals surface area contributed by atoms with Crippen LogP contribution in [0, 0.1) is 5.82 Å². The SMILES string of the molecule is C/C(=N\NC(=S)Nc1ccc(F)cc1)c1ccco1. The first-order chi connectivity index (χ1) is 9.15. The normalized spacial score (nSPS) is 11.2. The highest BCUT2D eigenvalue weighted by molar-refractivity contribution is 7.80. The number of hydrogen-bond donors (Lipinski definition) is 2. The number of hydrazone groups is 1. The minimum absolute atomic E-state index is 0.295. The molecule has 0 amide bonds. The zero-order valence-corrected chi connectivity index (χ0v) is 11.0. The van der Waals surface area contributed by atoms with E-state index in [1.807, 2.05) is 0 Å². The second-order valence-corrected chi connectivity index (χ2v) is 4.16. The smallest absolute Gasteiger partial charge is 0.191 e. The summed E-state index contributed by atoms with van der Waals surface area (Å²) in [5.74, 6) is 0.369. The number of furan rings is 1. The van der Waals surface area contributed by atoms with Crippen molar-refractivity contribution in [2.24, 2.45) is 5.10 Å². The van der Waals surface area contributed by atoms with Crippen LogP contribution in [0.2, 0.25) is 0 Å². The third-order valence-corrected chi connectivity index (χ3v) is 2.50. The number of nitrogens with one attached hydrogen (secondary N) is 2. The lowest BCUT2D eigenvalue weighted by molar-refractivity contribution is 0.556. The van der Waals surface area contributed by atoms with E-state index in [0.29, 0.717) is 22.3 Å². The molecule has 0 aliphatic heterocycles. The molecule has 2 aromatic rings. The first-order valence-corrected chi connectivity index (χ1v) is 5.97. The molecule has 1 heterocycles. The zero-order chi connectivity index (χ0) is 13.7. The monoisotopic (exact) mass is 277 g/mol. The van der Waals surface area contributed by atoms with Gasteiger partial charge in [0.15, 0.2) is 5.11 Å². The summed E-state index contributed by atoms with van der Waals surface area (Å²) in [6.07, 6.45) is 1.57. The Morgan fingerprint density at radius 2 is 2.00 bits per heavy atom. The number of nitrogens with zero attached hydrogens (tertiary/aromatic N) is 1. The van der Waals surface area contributed by atoms with E-state index in [9.17, 15) is 4.39 Å². The van der Waals surface area contributed by atoms with Gasteiger partial charge in [0.2, 0.25) is 0 Å². The standard InChI is InChI=1S/C13H12FN3OS/c1-9(12-3-2-8-18-12)16-17-13(19)15-11-6-4-10(14)5-7-11/h2-8H,1H3,(H2,15,17,19)/b16-9+. The van der Waals surface area contributed by atoms with Gasteiger partial charge in [-0.3, -0.25) is 5.43 Å². The van der Waals surface area contributed by atoms with Gasteiger partial charge in [-0.05, 0) is 55.5 Å². The van der Waals surface area contributed by atoms with Gasteiger partial charge in [-0.15, -0.1) is 0 Å². The van der Waals surface area contributed by atoms with Crippen LogP contribution in [0.15, 0.2) is 52.2 Å². The van der Waals surface area contributed by atoms with Gasteiger partial charge in [0.05, 0.1) is 6.26 Å². The van der Waals surface area contributed by atoms with Crippen LogP contribution >= 0.6 is 12.2 Å². The third kappa shape index (κ3) is 3.89. The Morgan fingerprint density at radius 3 is 2.63 bits per heavy atom. The number of thiocarbonyl (C=S) groups is 1. The Morgan fingerprint density at radius 1 is 1.26 bits per heavy atom. The maximum absolute atomic E-state index is 12.7. The number of hydrogen-bond acceptors (Lipinski definition) is 3. The van der Waals surface area contributed by atoms with E-state index in [-0.39, 0.29) is 5.82 Å². The van der Waals surface area contributed by atoms with Crippen molar-refractivity contribution in [3.63, 3.8) is 0 Å². The molecule has 0 aliphatic rings. The number of halogens is 1. The second kappa shape index (κ2) is 6.10. The van der Waals surface area contributed by atoms with Crippen LogP contribution in [0.4, 0.5) is 10.1 Å². The fourth-order valence-electron chi connectivity index (χ4n) is 1.37. The molecule has 0 atom stereocenters. The largest absolute Gasteiger partial charge is 0.463 e. The molecule has 0 bridgehead atoms. The van der Waals surface area contributed by atoms with Crippen molar-refractivity contribution in [3.05, 3.63) is 54.2 Å². The Hall–Kier alpha value is -2.21. The molecule has 1 aromatic carbocycles. The van der Waals surface area contributed by atoms with Crippen LogP contribution in [0.5, 0.6) is 0 Å². The van der Waals surface area contributed by atoms with E-state index in [1.165, 1.54) is 12.1 Å². The molecule has 0 aliphatic carbocycles. The summed E-state index contributed by atoms with van der Waals surface area (Å²) in [6.45, 7) is 1.80. The first kappa shape index (κ1) is 13.2. The summed E-state index contributed by atoms with van der Waals surface area (Å²) >= 11 is 5.06. The van der Waals surface area contributed by atoms with E-state index < -0.39 is 0 Å². The fourth-order valence-corrected chi connectivity index (χ4v) is 1.53. The lowest BCUT2D eigenvalue weighted by Gasteiger charge is -2.07. The Kier molecular flexibility index (Phi) is 4.25. The van der Waals surface area contributed by atoms with Crippen molar-refractivity contribution in [1.29, 1.82) is 0 Å². The van der Waals surface area contributed by atoms with Crippen molar-refractivity contribution >= 4 is 28.7 Å². The van der Waals surface area contributed by atoms with Gasteiger partial charge < -0.3 is 9.73 Å². The molecule has 1 aromatic heterocycles. The Labute approximate surface area is 115 Å². The first-order valence-electron chi connectivity index (χ1n) is 5.56. The minimum atomic E-state index is -0.295. The molecule has 19 heavy (non-hydrogen) atoms. The van der Waals surface area contributed by atoms with E-state index in [2.05, 4.69) is 15.8 Å². The summed E-state index contributed by atoms with van der Waals surface area (Å²) in [5, 5.41) is 7.28. The Bertz CT molecular complexity index is 578. The van der Waals surface area contributed by atoms with Crippen molar-refractivity contribution < 1.29 is 8.81 Å². The number of rotatable bonds is 3. The van der Waals surface area contributed by atoms with Gasteiger partial charge in [0.1, 0.15) is 17.3 Å². The van der Waals surface area contributed by atoms with Crippen LogP contribution in [-0.2, 0) is 0 Å². The topological polar surface area (TPSA) is 49.6 Å². The molecule has 2 N–H and O–H groups in total. The van der Waals surface area contributed by atoms with E-state index in [1.54, 1.807) is 37.5 Å². The number of benzene rings is 1. The molecule has 0 fully saturated rings. The molecule has 6 heteroatoms. The van der Waals surface area contributed by atoms with Gasteiger partial charge >= 0.3 is 0 Å². The van der Waals surface area contributed by atoms with Crippen LogP contribution < -0.4 is 10.7 Å². The zero-order valence-electron chi connectivity index (χ0n) is 10.2. The lowest BCUT2D eigenvalue weighted by atomic mass is 10.3. The van der Waals surface area contributed by atoms with Gasteiger partial charge in [-0.2, -0.15) is 5.10 Å². The van der Waals surface area contributed by atoms with Gasteiger partial charge in [0, 0.05) is 5.69 Å². The maximum atomic E-state index is 12.7. The summed E-state index contributed by atoms with van der Waals surface area (Å²) in [5.41, 5.74) is 4.05. The molecular weight excluding hydrogens is 265 g/mol. The second-order valence-electron chi connectivity index (χ2n) is 3.75. The lowest BCUT2D eigenvalue weighted by Crippen LogP contribution is -2.24. The molecule has 0 unspecified atom stereocenters. The predicted molar refractivity (Wildman–Crippen MR) is 76.7 cm³/mol. The van der Waals surface area contributed by atoms with Crippen molar-refractivity contribution in [3.8, 4) is 0 Å².